The maximum absolute atomic E-state index is 13.5. The molecule has 0 aromatic heterocycles. The molecule has 1 fully saturated rings. The van der Waals surface area contributed by atoms with Crippen molar-refractivity contribution in [1.82, 2.24) is 0 Å². The van der Waals surface area contributed by atoms with Gasteiger partial charge in [-0.1, -0.05) is 35.9 Å². The molecule has 2 aliphatic carbocycles. The molecule has 4 rings (SSSR count). The molecule has 0 unspecified atom stereocenters. The standard InChI is InChI=1S/C28H32O5/c1-18-22-11-8-12-24(29)28(22,16-19-9-6-5-7-10-19)17-21(25(18)30)15-20-13-14-23(31-2)27(33-4)26(20)32-3/h5-7,9-10,13-15,24,29H,8,11-12,16-17H2,1-4H3/t24-,28-/m0/s1. The van der Waals surface area contributed by atoms with E-state index in [-0.39, 0.29) is 5.78 Å². The molecule has 1 saturated carbocycles. The van der Waals surface area contributed by atoms with Gasteiger partial charge in [0.25, 0.3) is 0 Å². The minimum Gasteiger partial charge on any atom is -0.493 e. The van der Waals surface area contributed by atoms with Gasteiger partial charge in [0.2, 0.25) is 5.75 Å². The van der Waals surface area contributed by atoms with Gasteiger partial charge in [-0.2, -0.15) is 0 Å². The average molecular weight is 449 g/mol. The highest BCUT2D eigenvalue weighted by Crippen LogP contribution is 2.53. The summed E-state index contributed by atoms with van der Waals surface area (Å²) in [5.74, 6) is 1.61. The lowest BCUT2D eigenvalue weighted by Gasteiger charge is -2.48. The molecule has 2 aromatic rings. The van der Waals surface area contributed by atoms with Gasteiger partial charge in [0.05, 0.1) is 27.4 Å². The summed E-state index contributed by atoms with van der Waals surface area (Å²) in [6, 6.07) is 13.9. The third-order valence-corrected chi connectivity index (χ3v) is 7.16. The highest BCUT2D eigenvalue weighted by molar-refractivity contribution is 6.12. The van der Waals surface area contributed by atoms with Crippen LogP contribution in [0.25, 0.3) is 6.08 Å². The number of aliphatic hydroxyl groups excluding tert-OH is 1. The summed E-state index contributed by atoms with van der Waals surface area (Å²) >= 11 is 0. The first-order valence-corrected chi connectivity index (χ1v) is 11.4. The molecule has 0 bridgehead atoms. The zero-order chi connectivity index (χ0) is 23.6. The third-order valence-electron chi connectivity index (χ3n) is 7.16. The molecule has 1 N–H and O–H groups in total. The summed E-state index contributed by atoms with van der Waals surface area (Å²) in [6.45, 7) is 1.91. The van der Waals surface area contributed by atoms with E-state index >= 15 is 0 Å². The number of aliphatic hydroxyl groups is 1. The molecular weight excluding hydrogens is 416 g/mol. The van der Waals surface area contributed by atoms with E-state index in [0.29, 0.717) is 35.7 Å². The van der Waals surface area contributed by atoms with Crippen LogP contribution in [0.4, 0.5) is 0 Å². The molecule has 0 heterocycles. The molecule has 0 radical (unpaired) electrons. The van der Waals surface area contributed by atoms with Gasteiger partial charge >= 0.3 is 0 Å². The normalized spacial score (nSPS) is 24.0. The lowest BCUT2D eigenvalue weighted by molar-refractivity contribution is -0.113. The number of allylic oxidation sites excluding steroid dienone is 2. The highest BCUT2D eigenvalue weighted by atomic mass is 16.5. The van der Waals surface area contributed by atoms with Crippen LogP contribution in [-0.2, 0) is 11.2 Å². The summed E-state index contributed by atoms with van der Waals surface area (Å²) in [5.41, 5.74) is 4.00. The summed E-state index contributed by atoms with van der Waals surface area (Å²) < 4.78 is 16.6. The van der Waals surface area contributed by atoms with Gasteiger partial charge in [-0.15, -0.1) is 0 Å². The van der Waals surface area contributed by atoms with Gasteiger partial charge < -0.3 is 19.3 Å². The first kappa shape index (κ1) is 23.1. The van der Waals surface area contributed by atoms with E-state index in [4.69, 9.17) is 14.2 Å². The van der Waals surface area contributed by atoms with Gasteiger partial charge in [0.1, 0.15) is 0 Å². The van der Waals surface area contributed by atoms with E-state index in [9.17, 15) is 9.90 Å². The Morgan fingerprint density at radius 3 is 2.42 bits per heavy atom. The molecule has 33 heavy (non-hydrogen) atoms. The van der Waals surface area contributed by atoms with Crippen LogP contribution >= 0.6 is 0 Å². The van der Waals surface area contributed by atoms with E-state index in [0.717, 1.165) is 36.0 Å². The largest absolute Gasteiger partial charge is 0.493 e. The molecule has 0 aliphatic heterocycles. The second-order valence-electron chi connectivity index (χ2n) is 8.93. The Kier molecular flexibility index (Phi) is 6.61. The van der Waals surface area contributed by atoms with Crippen LogP contribution < -0.4 is 14.2 Å². The van der Waals surface area contributed by atoms with Crippen LogP contribution in [0, 0.1) is 5.41 Å². The quantitative estimate of drug-likeness (QED) is 0.619. The number of Topliss-reactive ketones (excluding diaryl/α,β-unsaturated/α-hetero) is 1. The average Bonchev–Trinajstić information content (AvgIpc) is 2.83. The number of ether oxygens (including phenoxy) is 3. The van der Waals surface area contributed by atoms with Crippen molar-refractivity contribution in [3.63, 3.8) is 0 Å². The summed E-state index contributed by atoms with van der Waals surface area (Å²) in [7, 11) is 4.72. The van der Waals surface area contributed by atoms with Crippen LogP contribution in [-0.4, -0.2) is 38.3 Å². The van der Waals surface area contributed by atoms with Crippen molar-refractivity contribution in [3.8, 4) is 17.2 Å². The minimum atomic E-state index is -0.500. The van der Waals surface area contributed by atoms with Gasteiger partial charge in [0, 0.05) is 16.6 Å². The van der Waals surface area contributed by atoms with Crippen molar-refractivity contribution in [2.45, 2.75) is 45.1 Å². The SMILES string of the molecule is COc1ccc(C=C2C[C@@]3(Cc4ccccc4)C(=C(C)C2=O)CCC[C@@H]3O)c(OC)c1OC. The van der Waals surface area contributed by atoms with E-state index in [1.807, 2.05) is 43.3 Å². The number of ketones is 1. The van der Waals surface area contributed by atoms with Gasteiger partial charge in [-0.25, -0.2) is 0 Å². The number of hydrogen-bond acceptors (Lipinski definition) is 5. The van der Waals surface area contributed by atoms with Crippen molar-refractivity contribution < 1.29 is 24.1 Å². The topological polar surface area (TPSA) is 65.0 Å². The number of rotatable bonds is 6. The molecule has 0 amide bonds. The molecular formula is C28H32O5. The fourth-order valence-corrected chi connectivity index (χ4v) is 5.57. The Hall–Kier alpha value is -3.05. The van der Waals surface area contributed by atoms with Crippen LogP contribution in [0.1, 0.15) is 43.7 Å². The number of hydrogen-bond donors (Lipinski definition) is 1. The predicted molar refractivity (Wildman–Crippen MR) is 129 cm³/mol. The van der Waals surface area contributed by atoms with E-state index in [2.05, 4.69) is 12.1 Å². The Morgan fingerprint density at radius 2 is 1.76 bits per heavy atom. The lowest BCUT2D eigenvalue weighted by Crippen LogP contribution is -2.46. The van der Waals surface area contributed by atoms with E-state index in [1.54, 1.807) is 21.3 Å². The maximum Gasteiger partial charge on any atom is 0.203 e. The number of fused-ring (bicyclic) bond motifs is 1. The van der Waals surface area contributed by atoms with Crippen LogP contribution in [0.2, 0.25) is 0 Å². The first-order valence-electron chi connectivity index (χ1n) is 11.4. The smallest absolute Gasteiger partial charge is 0.203 e. The molecule has 2 atom stereocenters. The molecule has 5 heteroatoms. The van der Waals surface area contributed by atoms with Gasteiger partial charge in [-0.3, -0.25) is 4.79 Å². The van der Waals surface area contributed by atoms with Crippen LogP contribution in [0.3, 0.4) is 0 Å². The lowest BCUT2D eigenvalue weighted by atomic mass is 9.57. The second kappa shape index (κ2) is 9.44. The zero-order valence-electron chi connectivity index (χ0n) is 19.8. The molecule has 5 nitrogen and oxygen atoms in total. The number of methoxy groups -OCH3 is 3. The van der Waals surface area contributed by atoms with Crippen molar-refractivity contribution >= 4 is 11.9 Å². The molecule has 0 saturated heterocycles. The Bertz CT molecular complexity index is 1100. The first-order chi connectivity index (χ1) is 15.9. The van der Waals surface area contributed by atoms with Crippen molar-refractivity contribution in [1.29, 1.82) is 0 Å². The van der Waals surface area contributed by atoms with E-state index in [1.165, 1.54) is 5.56 Å². The fourth-order valence-electron chi connectivity index (χ4n) is 5.57. The molecule has 2 aliphatic rings. The van der Waals surface area contributed by atoms with Crippen molar-refractivity contribution in [2.24, 2.45) is 5.41 Å². The summed E-state index contributed by atoms with van der Waals surface area (Å²) in [4.78, 5) is 13.5. The number of carbonyl (C=O) groups excluding carboxylic acids is 1. The van der Waals surface area contributed by atoms with E-state index < -0.39 is 11.5 Å². The fraction of sp³-hybridized carbons (Fsp3) is 0.393. The predicted octanol–water partition coefficient (Wildman–Crippen LogP) is 5.16. The number of benzene rings is 2. The monoisotopic (exact) mass is 448 g/mol. The Morgan fingerprint density at radius 1 is 1.03 bits per heavy atom. The van der Waals surface area contributed by atoms with Crippen molar-refractivity contribution in [2.75, 3.05) is 21.3 Å². The number of carbonyl (C=O) groups is 1. The highest BCUT2D eigenvalue weighted by Gasteiger charge is 2.48. The maximum atomic E-state index is 13.5. The minimum absolute atomic E-state index is 0.0413. The van der Waals surface area contributed by atoms with Crippen LogP contribution in [0.15, 0.2) is 59.2 Å². The third kappa shape index (κ3) is 4.06. The second-order valence-corrected chi connectivity index (χ2v) is 8.93. The zero-order valence-corrected chi connectivity index (χ0v) is 19.8. The van der Waals surface area contributed by atoms with Gasteiger partial charge in [0.15, 0.2) is 17.3 Å². The molecule has 174 valence electrons. The van der Waals surface area contributed by atoms with Crippen molar-refractivity contribution in [3.05, 3.63) is 70.3 Å². The molecule has 0 spiro atoms. The summed E-state index contributed by atoms with van der Waals surface area (Å²) in [5, 5.41) is 11.3. The summed E-state index contributed by atoms with van der Waals surface area (Å²) in [6.07, 6.45) is 5.08. The molecule has 2 aromatic carbocycles. The van der Waals surface area contributed by atoms with Crippen LogP contribution in [0.5, 0.6) is 17.2 Å². The Labute approximate surface area is 195 Å². The Balaban J connectivity index is 1.84. The van der Waals surface area contributed by atoms with Gasteiger partial charge in [-0.05, 0) is 68.4 Å².